The van der Waals surface area contributed by atoms with Crippen molar-refractivity contribution in [3.8, 4) is 17.2 Å². The highest BCUT2D eigenvalue weighted by Gasteiger charge is 2.86. The largest absolute Gasteiger partial charge is 0.491 e. The number of carbonyl (C=O) groups excluding carboxylic acids is 3. The van der Waals surface area contributed by atoms with Crippen molar-refractivity contribution in [3.63, 3.8) is 0 Å². The summed E-state index contributed by atoms with van der Waals surface area (Å²) < 4.78 is 33.9. The van der Waals surface area contributed by atoms with Crippen LogP contribution < -0.4 is 19.5 Å². The summed E-state index contributed by atoms with van der Waals surface area (Å²) in [6.07, 6.45) is 12.7. The molecular formula is C48H67N3O9. The number of nitrogens with zero attached hydrogens (tertiary/aromatic N) is 2. The van der Waals surface area contributed by atoms with Crippen LogP contribution in [-0.2, 0) is 25.5 Å². The van der Waals surface area contributed by atoms with Crippen molar-refractivity contribution < 1.29 is 43.2 Å². The van der Waals surface area contributed by atoms with Crippen LogP contribution in [0.5, 0.6) is 17.2 Å². The number of aliphatic hydroxyl groups excluding tert-OH is 1. The van der Waals surface area contributed by atoms with Crippen LogP contribution in [0.1, 0.15) is 103 Å². The standard InChI is InChI=1S/C48H67N3O9/c1-29(2)12-11-17-46(8)18-16-33-40(58-46)32(14-13-30(3)4)42-36(41(33)57-27-21-49-20-26-52)39(53)37-38(51-24-22-50(9)23-25-51)34-28-35-45(6,7)60-47(43(34)54,48(35,37)59-42)19-15-31(5)44(55)56-10/h12-13,15-16,18,34-35,37-38,49,52H,11,14,17,19-28H2,1-10H3. The van der Waals surface area contributed by atoms with Crippen LogP contribution in [0.4, 0.5) is 0 Å². The maximum Gasteiger partial charge on any atom is 0.333 e. The van der Waals surface area contributed by atoms with Crippen LogP contribution in [0.15, 0.2) is 41.0 Å². The van der Waals surface area contributed by atoms with Crippen molar-refractivity contribution in [1.82, 2.24) is 15.1 Å². The molecule has 1 aromatic carbocycles. The van der Waals surface area contributed by atoms with E-state index in [9.17, 15) is 9.90 Å². The van der Waals surface area contributed by atoms with Gasteiger partial charge in [0, 0.05) is 74.7 Å². The molecule has 0 radical (unpaired) electrons. The Kier molecular flexibility index (Phi) is 12.4. The number of benzene rings is 1. The summed E-state index contributed by atoms with van der Waals surface area (Å²) in [6, 6.07) is -0.430. The number of nitrogens with one attached hydrogen (secondary N) is 1. The number of allylic oxidation sites excluding steroid dienone is 4. The zero-order valence-electron chi connectivity index (χ0n) is 37.5. The van der Waals surface area contributed by atoms with E-state index in [-0.39, 0.29) is 37.1 Å². The molecule has 5 fully saturated rings. The Hall–Kier alpha value is -3.81. The van der Waals surface area contributed by atoms with Crippen LogP contribution in [0.25, 0.3) is 6.08 Å². The van der Waals surface area contributed by atoms with E-state index in [1.807, 2.05) is 33.8 Å². The molecule has 60 heavy (non-hydrogen) atoms. The fourth-order valence-electron chi connectivity index (χ4n) is 11.1. The Bertz CT molecular complexity index is 2000. The summed E-state index contributed by atoms with van der Waals surface area (Å²) >= 11 is 0. The molecule has 1 aromatic rings. The van der Waals surface area contributed by atoms with Crippen LogP contribution in [-0.4, -0.2) is 128 Å². The van der Waals surface area contributed by atoms with Gasteiger partial charge in [0.2, 0.25) is 0 Å². The number of Topliss-reactive ketones (excluding diaryl/α,β-unsaturated/α-hetero) is 2. The number of ether oxygens (including phenoxy) is 5. The highest BCUT2D eigenvalue weighted by atomic mass is 16.6. The second kappa shape index (κ2) is 16.8. The van der Waals surface area contributed by atoms with Crippen LogP contribution in [0, 0.1) is 17.8 Å². The summed E-state index contributed by atoms with van der Waals surface area (Å²) in [5, 5.41) is 12.7. The molecule has 1 spiro atoms. The van der Waals surface area contributed by atoms with Gasteiger partial charge in [-0.1, -0.05) is 29.4 Å². The van der Waals surface area contributed by atoms with Crippen LogP contribution in [0.2, 0.25) is 0 Å². The maximum atomic E-state index is 16.3. The number of ketones is 2. The predicted octanol–water partition coefficient (Wildman–Crippen LogP) is 5.89. The molecule has 0 amide bonds. The predicted molar refractivity (Wildman–Crippen MR) is 231 cm³/mol. The van der Waals surface area contributed by atoms with Gasteiger partial charge in [0.1, 0.15) is 35.0 Å². The molecule has 12 heteroatoms. The maximum absolute atomic E-state index is 16.3. The average molecular weight is 830 g/mol. The quantitative estimate of drug-likeness (QED) is 0.0945. The highest BCUT2D eigenvalue weighted by Crippen LogP contribution is 2.71. The molecule has 4 bridgehead atoms. The van der Waals surface area contributed by atoms with Gasteiger partial charge in [-0.3, -0.25) is 14.5 Å². The topological polar surface area (TPSA) is 136 Å². The van der Waals surface area contributed by atoms with E-state index in [4.69, 9.17) is 23.7 Å². The monoisotopic (exact) mass is 829 g/mol. The second-order valence-corrected chi connectivity index (χ2v) is 19.1. The average Bonchev–Trinajstić information content (AvgIpc) is 3.34. The number of hydrogen-bond donors (Lipinski definition) is 2. The summed E-state index contributed by atoms with van der Waals surface area (Å²) in [6.45, 7) is 20.2. The van der Waals surface area contributed by atoms with Crippen molar-refractivity contribution >= 4 is 23.6 Å². The van der Waals surface area contributed by atoms with Gasteiger partial charge in [0.15, 0.2) is 22.8 Å². The normalized spacial score (nSPS) is 31.4. The summed E-state index contributed by atoms with van der Waals surface area (Å²) in [7, 11) is 3.44. The number of methoxy groups -OCH3 is 1. The van der Waals surface area contributed by atoms with E-state index >= 15 is 9.59 Å². The summed E-state index contributed by atoms with van der Waals surface area (Å²) in [5.74, 6) is -0.911. The molecule has 4 aliphatic heterocycles. The first-order valence-corrected chi connectivity index (χ1v) is 21.9. The van der Waals surface area contributed by atoms with Crippen molar-refractivity contribution in [2.75, 3.05) is 66.6 Å². The van der Waals surface area contributed by atoms with Gasteiger partial charge in [0.05, 0.1) is 30.8 Å². The number of esters is 1. The molecule has 4 heterocycles. The van der Waals surface area contributed by atoms with Gasteiger partial charge in [-0.15, -0.1) is 0 Å². The molecule has 328 valence electrons. The van der Waals surface area contributed by atoms with Gasteiger partial charge in [0.25, 0.3) is 0 Å². The Labute approximate surface area is 356 Å². The highest BCUT2D eigenvalue weighted by molar-refractivity contribution is 6.10. The number of carbonyl (C=O) groups is 3. The SMILES string of the molecule is COC(=O)C(C)=CCC12OC(C)(C)C3CC(C1=O)C(N1CCN(C)CC1)C1C(=O)c4c(OCCNCCO)c5c(c(CC=C(C)C)c4OC132)OC(C)(CCC=C(C)C)C=C5. The minimum absolute atomic E-state index is 0.00883. The van der Waals surface area contributed by atoms with E-state index < -0.39 is 46.3 Å². The Morgan fingerprint density at radius 2 is 1.70 bits per heavy atom. The number of piperazine rings is 1. The minimum Gasteiger partial charge on any atom is -0.491 e. The molecule has 3 aliphatic carbocycles. The lowest BCUT2D eigenvalue weighted by molar-refractivity contribution is -0.214. The molecule has 2 N–H and O–H groups in total. The van der Waals surface area contributed by atoms with Crippen molar-refractivity contribution in [2.24, 2.45) is 17.8 Å². The Balaban J connectivity index is 1.50. The third kappa shape index (κ3) is 7.37. The summed E-state index contributed by atoms with van der Waals surface area (Å²) in [5.41, 5.74) is -0.0229. The first-order chi connectivity index (χ1) is 28.4. The van der Waals surface area contributed by atoms with Gasteiger partial charge in [-0.05, 0) is 100 Å². The number of fused-ring (bicyclic) bond motifs is 2. The van der Waals surface area contributed by atoms with Crippen molar-refractivity contribution in [1.29, 1.82) is 0 Å². The molecule has 2 saturated heterocycles. The molecule has 12 nitrogen and oxygen atoms in total. The molecular weight excluding hydrogens is 763 g/mol. The number of aliphatic hydroxyl groups is 1. The van der Waals surface area contributed by atoms with Gasteiger partial charge < -0.3 is 39.0 Å². The number of likely N-dealkylation sites (N-methyl/N-ethyl adjacent to an activating group) is 1. The fourth-order valence-corrected chi connectivity index (χ4v) is 11.1. The third-order valence-electron chi connectivity index (χ3n) is 14.0. The van der Waals surface area contributed by atoms with Crippen LogP contribution in [0.3, 0.4) is 0 Å². The van der Waals surface area contributed by atoms with E-state index in [2.05, 4.69) is 61.2 Å². The molecule has 8 rings (SSSR count). The lowest BCUT2D eigenvalue weighted by Gasteiger charge is -2.65. The zero-order chi connectivity index (χ0) is 43.4. The number of rotatable bonds is 15. The minimum atomic E-state index is -1.57. The van der Waals surface area contributed by atoms with Gasteiger partial charge in [-0.25, -0.2) is 4.79 Å². The molecule has 3 saturated carbocycles. The lowest BCUT2D eigenvalue weighted by atomic mass is 9.44. The first-order valence-electron chi connectivity index (χ1n) is 21.9. The van der Waals surface area contributed by atoms with E-state index in [0.29, 0.717) is 73.0 Å². The molecule has 7 aliphatic rings. The van der Waals surface area contributed by atoms with Crippen LogP contribution >= 0.6 is 0 Å². The van der Waals surface area contributed by atoms with E-state index in [1.54, 1.807) is 13.0 Å². The van der Waals surface area contributed by atoms with Gasteiger partial charge in [-0.2, -0.15) is 0 Å². The Morgan fingerprint density at radius 3 is 2.37 bits per heavy atom. The van der Waals surface area contributed by atoms with Crippen molar-refractivity contribution in [3.05, 3.63) is 57.7 Å². The smallest absolute Gasteiger partial charge is 0.333 e. The second-order valence-electron chi connectivity index (χ2n) is 19.1. The summed E-state index contributed by atoms with van der Waals surface area (Å²) in [4.78, 5) is 49.3. The van der Waals surface area contributed by atoms with E-state index in [1.165, 1.54) is 12.7 Å². The van der Waals surface area contributed by atoms with E-state index in [0.717, 1.165) is 37.1 Å². The fraction of sp³-hybridized carbons (Fsp3) is 0.646. The lowest BCUT2D eigenvalue weighted by Crippen LogP contribution is -2.82. The zero-order valence-corrected chi connectivity index (χ0v) is 37.5. The molecule has 7 atom stereocenters. The third-order valence-corrected chi connectivity index (χ3v) is 14.0. The molecule has 7 unspecified atom stereocenters. The first kappa shape index (κ1) is 44.3. The number of hydrogen-bond acceptors (Lipinski definition) is 12. The van der Waals surface area contributed by atoms with Crippen molar-refractivity contribution in [2.45, 2.75) is 116 Å². The molecule has 0 aromatic heterocycles. The van der Waals surface area contributed by atoms with Gasteiger partial charge >= 0.3 is 5.97 Å². The Morgan fingerprint density at radius 1 is 0.983 bits per heavy atom.